The molecule has 0 spiro atoms. The first-order chi connectivity index (χ1) is 36.5. The maximum atomic E-state index is 5.48. The van der Waals surface area contributed by atoms with E-state index in [0.717, 1.165) is 17.1 Å². The van der Waals surface area contributed by atoms with Crippen molar-refractivity contribution in [2.75, 3.05) is 5.32 Å². The van der Waals surface area contributed by atoms with Gasteiger partial charge in [0.1, 0.15) is 11.9 Å². The summed E-state index contributed by atoms with van der Waals surface area (Å²) < 4.78 is 0. The Morgan fingerprint density at radius 3 is 1.73 bits per heavy atom. The second-order valence-electron chi connectivity index (χ2n) is 20.9. The first-order valence-electron chi connectivity index (χ1n) is 26.2. The number of nitrogens with one attached hydrogen (secondary N) is 1. The number of anilines is 1. The molecule has 1 N–H and O–H groups in total. The fourth-order valence-electron chi connectivity index (χ4n) is 11.7. The number of benzene rings is 12. The molecule has 0 fully saturated rings. The summed E-state index contributed by atoms with van der Waals surface area (Å²) in [6, 6.07) is 81.6. The van der Waals surface area contributed by atoms with Gasteiger partial charge < -0.3 is 5.32 Å². The zero-order valence-electron chi connectivity index (χ0n) is 43.7. The Morgan fingerprint density at radius 2 is 1.00 bits per heavy atom. The molecule has 0 amide bonds. The molecule has 1 unspecified atom stereocenters. The summed E-state index contributed by atoms with van der Waals surface area (Å²) in [6.07, 6.45) is 1.87. The Hall–Kier alpha value is -8.85. The van der Waals surface area contributed by atoms with Crippen LogP contribution < -0.4 is 5.32 Å². The van der Waals surface area contributed by atoms with Crippen LogP contribution in [0.3, 0.4) is 0 Å². The summed E-state index contributed by atoms with van der Waals surface area (Å²) in [5.74, 6) is 0.885. The number of aliphatic imine (C=N–C) groups is 1. The Bertz CT molecular complexity index is 4140. The Labute approximate surface area is 441 Å². The van der Waals surface area contributed by atoms with Gasteiger partial charge in [0.2, 0.25) is 0 Å². The van der Waals surface area contributed by atoms with E-state index in [9.17, 15) is 0 Å². The molecule has 12 aromatic rings. The molecule has 1 atom stereocenters. The highest BCUT2D eigenvalue weighted by Gasteiger charge is 2.35. The van der Waals surface area contributed by atoms with E-state index in [2.05, 4.69) is 266 Å². The number of rotatable bonds is 5. The molecule has 0 saturated heterocycles. The molecule has 1 heterocycles. The van der Waals surface area contributed by atoms with Crippen LogP contribution in [0.1, 0.15) is 75.5 Å². The van der Waals surface area contributed by atoms with Crippen molar-refractivity contribution in [1.82, 2.24) is 0 Å². The molecule has 0 aromatic heterocycles. The molecule has 1 aliphatic heterocycles. The molecule has 2 nitrogen and oxygen atoms in total. The predicted molar refractivity (Wildman–Crippen MR) is 323 cm³/mol. The van der Waals surface area contributed by atoms with Crippen molar-refractivity contribution < 1.29 is 0 Å². The summed E-state index contributed by atoms with van der Waals surface area (Å²) in [7, 11) is 0. The lowest BCUT2D eigenvalue weighted by atomic mass is 9.81. The topological polar surface area (TPSA) is 24.4 Å². The molecular formula is C73H60N2. The van der Waals surface area contributed by atoms with E-state index < -0.39 is 0 Å². The summed E-state index contributed by atoms with van der Waals surface area (Å²) >= 11 is 0. The molecular weight excluding hydrogens is 905 g/mol. The first-order valence-corrected chi connectivity index (χ1v) is 26.2. The van der Waals surface area contributed by atoms with Crippen LogP contribution in [0.4, 0.5) is 5.69 Å². The van der Waals surface area contributed by atoms with Gasteiger partial charge in [0.25, 0.3) is 0 Å². The second kappa shape index (κ2) is 19.2. The van der Waals surface area contributed by atoms with Crippen LogP contribution in [0.15, 0.2) is 236 Å². The minimum atomic E-state index is -0.152. The van der Waals surface area contributed by atoms with Gasteiger partial charge in [-0.2, -0.15) is 0 Å². The highest BCUT2D eigenvalue weighted by molar-refractivity contribution is 6.25. The molecule has 75 heavy (non-hydrogen) atoms. The maximum absolute atomic E-state index is 5.48. The van der Waals surface area contributed by atoms with Crippen LogP contribution in [-0.4, -0.2) is 5.84 Å². The van der Waals surface area contributed by atoms with Crippen LogP contribution >= 0.6 is 0 Å². The smallest absolute Gasteiger partial charge is 0.133 e. The molecule has 362 valence electrons. The molecule has 0 bridgehead atoms. The van der Waals surface area contributed by atoms with E-state index in [4.69, 9.17) is 4.99 Å². The van der Waals surface area contributed by atoms with E-state index in [1.807, 2.05) is 18.2 Å². The van der Waals surface area contributed by atoms with Crippen LogP contribution in [0.5, 0.6) is 0 Å². The summed E-state index contributed by atoms with van der Waals surface area (Å²) in [6.45, 7) is 16.9. The van der Waals surface area contributed by atoms with Gasteiger partial charge in [-0.25, -0.2) is 0 Å². The summed E-state index contributed by atoms with van der Waals surface area (Å²) in [4.78, 5) is 5.48. The Balaban J connectivity index is 0.000000268. The Kier molecular flexibility index (Phi) is 12.1. The van der Waals surface area contributed by atoms with Crippen molar-refractivity contribution in [3.05, 3.63) is 287 Å². The van der Waals surface area contributed by atoms with Crippen molar-refractivity contribution in [2.24, 2.45) is 4.99 Å². The summed E-state index contributed by atoms with van der Waals surface area (Å²) in [5, 5.41) is 14.1. The number of amidine groups is 1. The molecule has 2 heteroatoms. The van der Waals surface area contributed by atoms with Gasteiger partial charge in [-0.1, -0.05) is 245 Å². The number of nitrogens with zero attached hydrogens (tertiary/aromatic N) is 1. The SMILES string of the molecule is C=Cc1ccccc1C.CC1(C)c2ccccc2-c2ccc(-c3ccc(C4N=C(c5ccc(-c6ccc7ccc8cccc9ccc6c7c89)cc5)Nc5c4ccc4ccccc54)cc3)cc21.Cc1cccc(C)c1C. The largest absolute Gasteiger partial charge is 0.339 e. The Morgan fingerprint density at radius 1 is 0.440 bits per heavy atom. The fourth-order valence-corrected chi connectivity index (χ4v) is 11.7. The standard InChI is InChI=1S/C55H38N2.C9H12.C9H10/c1-55(2)48-13-6-5-12-44(48)45-29-27-41(32-49(45)55)33-14-20-39(21-15-33)52-47-31-24-34-8-3-4-11-43(34)53(47)57-54(56-52)40-22-16-35(17-23-40)42-28-25-38-19-18-36-9-7-10-37-26-30-46(42)51(38)50(36)37;1-7-5-4-6-8(2)9(7)3;1-3-9-7-5-4-6-8(9)2/h3-32,52H,1-2H3,(H,56,57);4-6H,1-3H3;3-7H,1H2,2H3. The highest BCUT2D eigenvalue weighted by atomic mass is 15.0. The molecule has 12 aromatic carbocycles. The van der Waals surface area contributed by atoms with Crippen LogP contribution in [0.25, 0.3) is 82.5 Å². The molecule has 14 rings (SSSR count). The van der Waals surface area contributed by atoms with E-state index in [0.29, 0.717) is 0 Å². The molecule has 0 saturated carbocycles. The lowest BCUT2D eigenvalue weighted by Gasteiger charge is -2.27. The van der Waals surface area contributed by atoms with Crippen molar-refractivity contribution in [2.45, 2.75) is 53.0 Å². The predicted octanol–water partition coefficient (Wildman–Crippen LogP) is 19.6. The van der Waals surface area contributed by atoms with Crippen molar-refractivity contribution in [3.63, 3.8) is 0 Å². The van der Waals surface area contributed by atoms with Gasteiger partial charge in [0.05, 0.1) is 5.69 Å². The van der Waals surface area contributed by atoms with Gasteiger partial charge >= 0.3 is 0 Å². The number of hydrogen-bond acceptors (Lipinski definition) is 2. The average Bonchev–Trinajstić information content (AvgIpc) is 3.68. The van der Waals surface area contributed by atoms with Crippen LogP contribution in [0, 0.1) is 27.7 Å². The minimum absolute atomic E-state index is 0.0330. The maximum Gasteiger partial charge on any atom is 0.133 e. The van der Waals surface area contributed by atoms with Gasteiger partial charge in [0.15, 0.2) is 0 Å². The minimum Gasteiger partial charge on any atom is -0.339 e. The van der Waals surface area contributed by atoms with Gasteiger partial charge in [0, 0.05) is 21.9 Å². The lowest BCUT2D eigenvalue weighted by Crippen LogP contribution is -2.22. The summed E-state index contributed by atoms with van der Waals surface area (Å²) in [5.41, 5.74) is 21.6. The number of aryl methyl sites for hydroxylation is 3. The van der Waals surface area contributed by atoms with Crippen molar-refractivity contribution in [3.8, 4) is 33.4 Å². The van der Waals surface area contributed by atoms with Crippen molar-refractivity contribution in [1.29, 1.82) is 0 Å². The highest BCUT2D eigenvalue weighted by Crippen LogP contribution is 2.50. The van der Waals surface area contributed by atoms with E-state index in [-0.39, 0.29) is 11.5 Å². The normalized spacial score (nSPS) is 13.9. The molecule has 0 radical (unpaired) electrons. The monoisotopic (exact) mass is 964 g/mol. The zero-order chi connectivity index (χ0) is 51.4. The van der Waals surface area contributed by atoms with Crippen LogP contribution in [0.2, 0.25) is 0 Å². The number of hydrogen-bond donors (Lipinski definition) is 1. The van der Waals surface area contributed by atoms with E-state index >= 15 is 0 Å². The third-order valence-corrected chi connectivity index (χ3v) is 16.2. The third-order valence-electron chi connectivity index (χ3n) is 16.2. The second-order valence-corrected chi connectivity index (χ2v) is 20.9. The van der Waals surface area contributed by atoms with E-state index in [1.54, 1.807) is 0 Å². The first kappa shape index (κ1) is 47.2. The number of fused-ring (bicyclic) bond motifs is 6. The third kappa shape index (κ3) is 8.47. The lowest BCUT2D eigenvalue weighted by molar-refractivity contribution is 0.660. The fraction of sp³-hybridized carbons (Fsp3) is 0.110. The van der Waals surface area contributed by atoms with E-state index in [1.165, 1.54) is 127 Å². The average molecular weight is 965 g/mol. The van der Waals surface area contributed by atoms with Gasteiger partial charge in [-0.05, 0) is 149 Å². The van der Waals surface area contributed by atoms with Gasteiger partial charge in [-0.3, -0.25) is 4.99 Å². The molecule has 2 aliphatic rings. The quantitative estimate of drug-likeness (QED) is 0.171. The van der Waals surface area contributed by atoms with Crippen LogP contribution in [-0.2, 0) is 5.41 Å². The van der Waals surface area contributed by atoms with Gasteiger partial charge in [-0.15, -0.1) is 0 Å². The van der Waals surface area contributed by atoms with Crippen molar-refractivity contribution >= 4 is 60.7 Å². The zero-order valence-corrected chi connectivity index (χ0v) is 43.7. The molecule has 1 aliphatic carbocycles.